The Morgan fingerprint density at radius 2 is 2.13 bits per heavy atom. The molecule has 2 heterocycles. The number of benzene rings is 1. The summed E-state index contributed by atoms with van der Waals surface area (Å²) >= 11 is 0. The van der Waals surface area contributed by atoms with Crippen LogP contribution in [0.15, 0.2) is 30.5 Å². The van der Waals surface area contributed by atoms with Crippen LogP contribution in [0.3, 0.4) is 0 Å². The number of rotatable bonds is 6. The Bertz CT molecular complexity index is 689. The molecule has 0 unspecified atom stereocenters. The van der Waals surface area contributed by atoms with Crippen molar-refractivity contribution in [3.8, 4) is 0 Å². The molecule has 23 heavy (non-hydrogen) atoms. The van der Waals surface area contributed by atoms with Gasteiger partial charge in [0.25, 0.3) is 0 Å². The number of piperidine rings is 1. The molecule has 1 aromatic carbocycles. The van der Waals surface area contributed by atoms with Crippen LogP contribution in [0.2, 0.25) is 0 Å². The van der Waals surface area contributed by atoms with Crippen LogP contribution >= 0.6 is 0 Å². The summed E-state index contributed by atoms with van der Waals surface area (Å²) in [7, 11) is 0. The number of fused-ring (bicyclic) bond motifs is 1. The third kappa shape index (κ3) is 3.71. The highest BCUT2D eigenvalue weighted by molar-refractivity contribution is 5.94. The van der Waals surface area contributed by atoms with E-state index in [-0.39, 0.29) is 12.3 Å². The number of hydrogen-bond acceptors (Lipinski definition) is 3. The predicted octanol–water partition coefficient (Wildman–Crippen LogP) is 1.64. The molecule has 0 aliphatic carbocycles. The SMILES string of the molecule is O=CNCCC(=O)Nc1ccc2c(ccn2C2CCNCC2)c1. The second-order valence-electron chi connectivity index (χ2n) is 5.85. The van der Waals surface area contributed by atoms with E-state index >= 15 is 0 Å². The Balaban J connectivity index is 1.70. The summed E-state index contributed by atoms with van der Waals surface area (Å²) in [6.45, 7) is 2.48. The fourth-order valence-electron chi connectivity index (χ4n) is 3.11. The van der Waals surface area contributed by atoms with Crippen LogP contribution < -0.4 is 16.0 Å². The molecule has 1 aliphatic heterocycles. The van der Waals surface area contributed by atoms with E-state index in [1.54, 1.807) is 0 Å². The van der Waals surface area contributed by atoms with E-state index in [9.17, 15) is 9.59 Å². The van der Waals surface area contributed by atoms with Crippen molar-refractivity contribution in [3.63, 3.8) is 0 Å². The number of carbonyl (C=O) groups is 2. The van der Waals surface area contributed by atoms with Gasteiger partial charge in [-0.2, -0.15) is 0 Å². The first kappa shape index (κ1) is 15.6. The van der Waals surface area contributed by atoms with Gasteiger partial charge >= 0.3 is 0 Å². The van der Waals surface area contributed by atoms with Crippen LogP contribution in [0.1, 0.15) is 25.3 Å². The molecule has 1 aromatic heterocycles. The molecule has 1 saturated heterocycles. The third-order valence-electron chi connectivity index (χ3n) is 4.29. The van der Waals surface area contributed by atoms with E-state index in [0.29, 0.717) is 19.0 Å². The van der Waals surface area contributed by atoms with E-state index < -0.39 is 0 Å². The first-order valence-corrected chi connectivity index (χ1v) is 8.06. The average Bonchev–Trinajstić information content (AvgIpc) is 2.99. The molecule has 2 amide bonds. The van der Waals surface area contributed by atoms with Gasteiger partial charge in [0.15, 0.2) is 0 Å². The molecule has 3 N–H and O–H groups in total. The van der Waals surface area contributed by atoms with Crippen LogP contribution in [0.25, 0.3) is 10.9 Å². The summed E-state index contributed by atoms with van der Waals surface area (Å²) in [5, 5.41) is 9.87. The minimum absolute atomic E-state index is 0.100. The van der Waals surface area contributed by atoms with E-state index in [2.05, 4.69) is 38.8 Å². The maximum absolute atomic E-state index is 11.8. The smallest absolute Gasteiger partial charge is 0.226 e. The Morgan fingerprint density at radius 1 is 1.30 bits per heavy atom. The van der Waals surface area contributed by atoms with Crippen molar-refractivity contribution in [3.05, 3.63) is 30.5 Å². The van der Waals surface area contributed by atoms with Gasteiger partial charge in [-0.25, -0.2) is 0 Å². The Labute approximate surface area is 135 Å². The van der Waals surface area contributed by atoms with E-state index in [1.807, 2.05) is 12.1 Å². The van der Waals surface area contributed by atoms with Crippen LogP contribution in [0.4, 0.5) is 5.69 Å². The molecular formula is C17H22N4O2. The fraction of sp³-hybridized carbons (Fsp3) is 0.412. The quantitative estimate of drug-likeness (QED) is 0.560. The van der Waals surface area contributed by atoms with Gasteiger partial charge < -0.3 is 20.5 Å². The Hall–Kier alpha value is -2.34. The van der Waals surface area contributed by atoms with Crippen LogP contribution in [-0.4, -0.2) is 36.5 Å². The average molecular weight is 314 g/mol. The molecule has 0 radical (unpaired) electrons. The highest BCUT2D eigenvalue weighted by Gasteiger charge is 2.16. The molecule has 0 spiro atoms. The van der Waals surface area contributed by atoms with Crippen LogP contribution in [0.5, 0.6) is 0 Å². The molecule has 0 bridgehead atoms. The summed E-state index contributed by atoms with van der Waals surface area (Å²) in [5.74, 6) is -0.100. The number of nitrogens with one attached hydrogen (secondary N) is 3. The molecule has 3 rings (SSSR count). The minimum atomic E-state index is -0.100. The number of aromatic nitrogens is 1. The summed E-state index contributed by atoms with van der Waals surface area (Å²) in [6.07, 6.45) is 5.30. The maximum Gasteiger partial charge on any atom is 0.226 e. The third-order valence-corrected chi connectivity index (χ3v) is 4.29. The standard InChI is InChI=1S/C17H22N4O2/c22-12-19-9-5-17(23)20-14-1-2-16-13(11-14)6-10-21(16)15-3-7-18-8-4-15/h1-2,6,10-12,15,18H,3-5,7-9H2,(H,19,22)(H,20,23). The van der Waals surface area contributed by atoms with Crippen LogP contribution in [0, 0.1) is 0 Å². The van der Waals surface area contributed by atoms with Crippen molar-refractivity contribution in [1.82, 2.24) is 15.2 Å². The van der Waals surface area contributed by atoms with Crippen molar-refractivity contribution in [1.29, 1.82) is 0 Å². The van der Waals surface area contributed by atoms with E-state index in [4.69, 9.17) is 0 Å². The van der Waals surface area contributed by atoms with Crippen LogP contribution in [-0.2, 0) is 9.59 Å². The molecule has 0 saturated carbocycles. The first-order valence-electron chi connectivity index (χ1n) is 8.06. The number of carbonyl (C=O) groups excluding carboxylic acids is 2. The molecule has 6 nitrogen and oxygen atoms in total. The van der Waals surface area contributed by atoms with Gasteiger partial charge in [-0.15, -0.1) is 0 Å². The van der Waals surface area contributed by atoms with Crippen molar-refractivity contribution in [2.75, 3.05) is 25.0 Å². The monoisotopic (exact) mass is 314 g/mol. The maximum atomic E-state index is 11.8. The van der Waals surface area contributed by atoms with Gasteiger partial charge in [-0.3, -0.25) is 9.59 Å². The normalized spacial score (nSPS) is 15.5. The van der Waals surface area contributed by atoms with Gasteiger partial charge in [0.1, 0.15) is 0 Å². The lowest BCUT2D eigenvalue weighted by molar-refractivity contribution is -0.116. The molecule has 0 atom stereocenters. The molecule has 1 aliphatic rings. The molecule has 2 aromatic rings. The topological polar surface area (TPSA) is 75.2 Å². The second kappa shape index (κ2) is 7.28. The second-order valence-corrected chi connectivity index (χ2v) is 5.85. The lowest BCUT2D eigenvalue weighted by Gasteiger charge is -2.25. The lowest BCUT2D eigenvalue weighted by atomic mass is 10.1. The van der Waals surface area contributed by atoms with E-state index in [1.165, 1.54) is 5.52 Å². The number of amides is 2. The summed E-state index contributed by atoms with van der Waals surface area (Å²) in [5.41, 5.74) is 1.99. The molecule has 1 fully saturated rings. The van der Waals surface area contributed by atoms with E-state index in [0.717, 1.165) is 37.0 Å². The highest BCUT2D eigenvalue weighted by Crippen LogP contribution is 2.27. The molecular weight excluding hydrogens is 292 g/mol. The van der Waals surface area contributed by atoms with Gasteiger partial charge in [0.2, 0.25) is 12.3 Å². The first-order chi connectivity index (χ1) is 11.3. The summed E-state index contributed by atoms with van der Waals surface area (Å²) < 4.78 is 2.34. The predicted molar refractivity (Wildman–Crippen MR) is 90.4 cm³/mol. The number of nitrogens with zero attached hydrogens (tertiary/aromatic N) is 1. The Kier molecular flexibility index (Phi) is 4.92. The zero-order chi connectivity index (χ0) is 16.1. The minimum Gasteiger partial charge on any atom is -0.358 e. The summed E-state index contributed by atoms with van der Waals surface area (Å²) in [6, 6.07) is 8.64. The zero-order valence-electron chi connectivity index (χ0n) is 13.0. The fourth-order valence-corrected chi connectivity index (χ4v) is 3.11. The highest BCUT2D eigenvalue weighted by atomic mass is 16.1. The summed E-state index contributed by atoms with van der Waals surface area (Å²) in [4.78, 5) is 22.0. The number of hydrogen-bond donors (Lipinski definition) is 3. The number of anilines is 1. The van der Waals surface area contributed by atoms with Gasteiger partial charge in [0, 0.05) is 41.8 Å². The van der Waals surface area contributed by atoms with Crippen molar-refractivity contribution >= 4 is 28.9 Å². The lowest BCUT2D eigenvalue weighted by Crippen LogP contribution is -2.29. The van der Waals surface area contributed by atoms with Gasteiger partial charge in [-0.05, 0) is 50.2 Å². The largest absolute Gasteiger partial charge is 0.358 e. The van der Waals surface area contributed by atoms with Crippen molar-refractivity contribution in [2.45, 2.75) is 25.3 Å². The van der Waals surface area contributed by atoms with Gasteiger partial charge in [-0.1, -0.05) is 0 Å². The Morgan fingerprint density at radius 3 is 2.91 bits per heavy atom. The molecule has 122 valence electrons. The molecule has 6 heteroatoms. The van der Waals surface area contributed by atoms with Gasteiger partial charge in [0.05, 0.1) is 0 Å². The zero-order valence-corrected chi connectivity index (χ0v) is 13.0. The van der Waals surface area contributed by atoms with Crippen molar-refractivity contribution < 1.29 is 9.59 Å². The van der Waals surface area contributed by atoms with Crippen molar-refractivity contribution in [2.24, 2.45) is 0 Å².